The third-order valence-corrected chi connectivity index (χ3v) is 8.14. The number of rotatable bonds is 6. The molecule has 2 fully saturated rings. The summed E-state index contributed by atoms with van der Waals surface area (Å²) >= 11 is 0. The molecular formula is C25H26FN3O3S. The topological polar surface area (TPSA) is 70.6 Å². The van der Waals surface area contributed by atoms with E-state index >= 15 is 0 Å². The van der Waals surface area contributed by atoms with Gasteiger partial charge in [0.15, 0.2) is 9.84 Å². The molecule has 0 unspecified atom stereocenters. The van der Waals surface area contributed by atoms with E-state index in [4.69, 9.17) is 0 Å². The Bertz CT molecular complexity index is 1290. The van der Waals surface area contributed by atoms with Crippen LogP contribution in [0.1, 0.15) is 28.8 Å². The third kappa shape index (κ3) is 4.77. The number of aromatic nitrogens is 1. The minimum atomic E-state index is -3.83. The lowest BCUT2D eigenvalue weighted by Gasteiger charge is -2.34. The van der Waals surface area contributed by atoms with Crippen LogP contribution in [0.2, 0.25) is 0 Å². The van der Waals surface area contributed by atoms with Gasteiger partial charge in [-0.25, -0.2) is 12.8 Å². The molecule has 1 aliphatic heterocycles. The molecule has 172 valence electrons. The minimum Gasteiger partial charge on any atom is -0.336 e. The minimum absolute atomic E-state index is 0.0359. The first-order chi connectivity index (χ1) is 15.9. The van der Waals surface area contributed by atoms with Crippen LogP contribution in [-0.2, 0) is 15.6 Å². The summed E-state index contributed by atoms with van der Waals surface area (Å²) in [5.74, 6) is -0.588. The molecule has 0 N–H and O–H groups in total. The monoisotopic (exact) mass is 467 g/mol. The Morgan fingerprint density at radius 2 is 1.79 bits per heavy atom. The van der Waals surface area contributed by atoms with Crippen LogP contribution >= 0.6 is 0 Å². The molecule has 6 nitrogen and oxygen atoms in total. The summed E-state index contributed by atoms with van der Waals surface area (Å²) in [5.41, 5.74) is 0.651. The predicted molar refractivity (Wildman–Crippen MR) is 124 cm³/mol. The Labute approximate surface area is 192 Å². The van der Waals surface area contributed by atoms with Crippen LogP contribution < -0.4 is 0 Å². The largest absolute Gasteiger partial charge is 0.336 e. The molecule has 0 atom stereocenters. The molecule has 0 radical (unpaired) electrons. The summed E-state index contributed by atoms with van der Waals surface area (Å²) in [5, 5.41) is 0.706. The van der Waals surface area contributed by atoms with Gasteiger partial charge in [0.2, 0.25) is 0 Å². The molecule has 2 heterocycles. The zero-order chi connectivity index (χ0) is 23.0. The molecule has 0 bridgehead atoms. The van der Waals surface area contributed by atoms with Crippen LogP contribution in [0.3, 0.4) is 0 Å². The lowest BCUT2D eigenvalue weighted by molar-refractivity contribution is 0.0631. The number of nitrogens with zero attached hydrogens (tertiary/aromatic N) is 3. The first-order valence-corrected chi connectivity index (χ1v) is 12.9. The van der Waals surface area contributed by atoms with E-state index < -0.39 is 21.4 Å². The van der Waals surface area contributed by atoms with Crippen LogP contribution in [0.15, 0.2) is 59.6 Å². The molecule has 1 saturated carbocycles. The second kappa shape index (κ2) is 8.83. The zero-order valence-electron chi connectivity index (χ0n) is 18.3. The van der Waals surface area contributed by atoms with Crippen molar-refractivity contribution in [3.05, 3.63) is 71.7 Å². The summed E-state index contributed by atoms with van der Waals surface area (Å²) < 4.78 is 41.0. The number of hydrogen-bond acceptors (Lipinski definition) is 5. The van der Waals surface area contributed by atoms with Gasteiger partial charge in [-0.3, -0.25) is 14.7 Å². The Morgan fingerprint density at radius 1 is 1.03 bits per heavy atom. The van der Waals surface area contributed by atoms with Crippen molar-refractivity contribution in [2.24, 2.45) is 5.92 Å². The highest BCUT2D eigenvalue weighted by molar-refractivity contribution is 7.90. The number of halogens is 1. The standard InChI is InChI=1S/C25H26FN3O3S/c26-22-15-20(25(30)29-13-11-28(12-14-29)16-18-6-7-18)8-9-21(22)17-33(31,32)23-5-1-3-19-4-2-10-27-24(19)23/h1-5,8-10,15,18H,6-7,11-14,16-17H2. The highest BCUT2D eigenvalue weighted by atomic mass is 32.2. The molecule has 1 aromatic heterocycles. The number of carbonyl (C=O) groups excluding carboxylic acids is 1. The molecule has 1 aliphatic carbocycles. The van der Waals surface area contributed by atoms with Gasteiger partial charge in [0.25, 0.3) is 5.91 Å². The summed E-state index contributed by atoms with van der Waals surface area (Å²) in [4.78, 5) is 21.3. The molecule has 5 rings (SSSR count). The van der Waals surface area contributed by atoms with Gasteiger partial charge in [0, 0.05) is 55.4 Å². The fraction of sp³-hybridized carbons (Fsp3) is 0.360. The van der Waals surface area contributed by atoms with Gasteiger partial charge in [-0.1, -0.05) is 24.3 Å². The molecular weight excluding hydrogens is 441 g/mol. The Balaban J connectivity index is 1.30. The molecule has 8 heteroatoms. The third-order valence-electron chi connectivity index (χ3n) is 6.45. The van der Waals surface area contributed by atoms with Crippen LogP contribution in [0.4, 0.5) is 4.39 Å². The molecule has 3 aromatic rings. The number of carbonyl (C=O) groups is 1. The first kappa shape index (κ1) is 22.0. The number of benzene rings is 2. The molecule has 1 saturated heterocycles. The lowest BCUT2D eigenvalue weighted by Crippen LogP contribution is -2.49. The van der Waals surface area contributed by atoms with Crippen molar-refractivity contribution in [2.45, 2.75) is 23.5 Å². The molecule has 1 amide bonds. The summed E-state index contributed by atoms with van der Waals surface area (Å²) in [6.07, 6.45) is 4.14. The van der Waals surface area contributed by atoms with E-state index in [0.29, 0.717) is 24.0 Å². The molecule has 0 spiro atoms. The smallest absolute Gasteiger partial charge is 0.254 e. The molecule has 2 aromatic carbocycles. The highest BCUT2D eigenvalue weighted by Gasteiger charge is 2.28. The fourth-order valence-corrected chi connectivity index (χ4v) is 5.94. The van der Waals surface area contributed by atoms with Crippen LogP contribution in [0.25, 0.3) is 10.9 Å². The van der Waals surface area contributed by atoms with Gasteiger partial charge in [-0.15, -0.1) is 0 Å². The highest BCUT2D eigenvalue weighted by Crippen LogP contribution is 2.30. The van der Waals surface area contributed by atoms with Crippen molar-refractivity contribution in [3.63, 3.8) is 0 Å². The maximum atomic E-state index is 14.9. The van der Waals surface area contributed by atoms with Crippen molar-refractivity contribution in [1.29, 1.82) is 0 Å². The summed E-state index contributed by atoms with van der Waals surface area (Å²) in [6, 6.07) is 12.5. The van der Waals surface area contributed by atoms with Crippen molar-refractivity contribution >= 4 is 26.6 Å². The van der Waals surface area contributed by atoms with Crippen molar-refractivity contribution < 1.29 is 17.6 Å². The number of fused-ring (bicyclic) bond motifs is 1. The average Bonchev–Trinajstić information content (AvgIpc) is 3.64. The maximum absolute atomic E-state index is 14.9. The van der Waals surface area contributed by atoms with E-state index in [9.17, 15) is 17.6 Å². The van der Waals surface area contributed by atoms with Crippen molar-refractivity contribution in [1.82, 2.24) is 14.8 Å². The molecule has 33 heavy (non-hydrogen) atoms. The van der Waals surface area contributed by atoms with Crippen LogP contribution in [0.5, 0.6) is 0 Å². The van der Waals surface area contributed by atoms with E-state index in [1.54, 1.807) is 29.2 Å². The van der Waals surface area contributed by atoms with E-state index in [2.05, 4.69) is 9.88 Å². The van der Waals surface area contributed by atoms with Crippen molar-refractivity contribution in [2.75, 3.05) is 32.7 Å². The Morgan fingerprint density at radius 3 is 2.52 bits per heavy atom. The van der Waals surface area contributed by atoms with E-state index in [-0.39, 0.29) is 21.9 Å². The normalized spacial score (nSPS) is 17.4. The number of amides is 1. The maximum Gasteiger partial charge on any atom is 0.254 e. The second-order valence-electron chi connectivity index (χ2n) is 8.93. The number of piperazine rings is 1. The SMILES string of the molecule is O=C(c1ccc(CS(=O)(=O)c2cccc3cccnc23)c(F)c1)N1CCN(CC2CC2)CC1. The first-order valence-electron chi connectivity index (χ1n) is 11.3. The van der Waals surface area contributed by atoms with Gasteiger partial charge in [0.1, 0.15) is 5.82 Å². The lowest BCUT2D eigenvalue weighted by atomic mass is 10.1. The Kier molecular flexibility index (Phi) is 5.88. The Hall–Kier alpha value is -2.84. The summed E-state index contributed by atoms with van der Waals surface area (Å²) in [6.45, 7) is 4.01. The van der Waals surface area contributed by atoms with Crippen LogP contribution in [-0.4, -0.2) is 61.8 Å². The quantitative estimate of drug-likeness (QED) is 0.555. The fourth-order valence-electron chi connectivity index (χ4n) is 4.39. The number of sulfone groups is 1. The number of para-hydroxylation sites is 1. The van der Waals surface area contributed by atoms with Gasteiger partial charge >= 0.3 is 0 Å². The number of hydrogen-bond donors (Lipinski definition) is 0. The number of pyridine rings is 1. The zero-order valence-corrected chi connectivity index (χ0v) is 19.1. The van der Waals surface area contributed by atoms with Crippen molar-refractivity contribution in [3.8, 4) is 0 Å². The van der Waals surface area contributed by atoms with Gasteiger partial charge < -0.3 is 4.90 Å². The van der Waals surface area contributed by atoms with Gasteiger partial charge in [0.05, 0.1) is 16.2 Å². The van der Waals surface area contributed by atoms with E-state index in [1.807, 2.05) is 0 Å². The van der Waals surface area contributed by atoms with Gasteiger partial charge in [-0.05, 0) is 43.0 Å². The van der Waals surface area contributed by atoms with Crippen LogP contribution in [0, 0.1) is 11.7 Å². The van der Waals surface area contributed by atoms with E-state index in [1.165, 1.54) is 37.2 Å². The summed E-state index contributed by atoms with van der Waals surface area (Å²) in [7, 11) is -3.83. The predicted octanol–water partition coefficient (Wildman–Crippen LogP) is 3.52. The van der Waals surface area contributed by atoms with E-state index in [0.717, 1.165) is 31.6 Å². The average molecular weight is 468 g/mol. The molecule has 2 aliphatic rings. The van der Waals surface area contributed by atoms with Gasteiger partial charge in [-0.2, -0.15) is 0 Å². The second-order valence-corrected chi connectivity index (χ2v) is 10.9.